The lowest BCUT2D eigenvalue weighted by Crippen LogP contribution is -2.38. The van der Waals surface area contributed by atoms with Crippen molar-refractivity contribution < 1.29 is 4.79 Å². The number of hydrogen-bond donors (Lipinski definition) is 0. The van der Waals surface area contributed by atoms with Gasteiger partial charge < -0.3 is 9.80 Å². The largest absolute Gasteiger partial charge is 0.337 e. The van der Waals surface area contributed by atoms with Crippen molar-refractivity contribution in [3.05, 3.63) is 66.4 Å². The van der Waals surface area contributed by atoms with Gasteiger partial charge in [0.25, 0.3) is 5.91 Å². The van der Waals surface area contributed by atoms with Crippen LogP contribution in [0, 0.1) is 0 Å². The second kappa shape index (κ2) is 7.60. The first-order chi connectivity index (χ1) is 13.5. The van der Waals surface area contributed by atoms with Crippen LogP contribution < -0.4 is 0 Å². The van der Waals surface area contributed by atoms with E-state index in [9.17, 15) is 4.79 Å². The summed E-state index contributed by atoms with van der Waals surface area (Å²) in [6.07, 6.45) is 3.06. The highest BCUT2D eigenvalue weighted by Crippen LogP contribution is 2.31. The third kappa shape index (κ3) is 3.58. The van der Waals surface area contributed by atoms with Crippen molar-refractivity contribution in [1.82, 2.24) is 19.6 Å². The van der Waals surface area contributed by atoms with Gasteiger partial charge in [-0.15, -0.1) is 0 Å². The van der Waals surface area contributed by atoms with Gasteiger partial charge in [-0.1, -0.05) is 42.5 Å². The van der Waals surface area contributed by atoms with Crippen LogP contribution in [-0.4, -0.2) is 58.7 Å². The van der Waals surface area contributed by atoms with Crippen LogP contribution in [0.4, 0.5) is 0 Å². The molecule has 1 atom stereocenters. The molecule has 1 aliphatic rings. The zero-order valence-corrected chi connectivity index (χ0v) is 16.7. The van der Waals surface area contributed by atoms with E-state index < -0.39 is 0 Å². The van der Waals surface area contributed by atoms with Crippen molar-refractivity contribution in [3.8, 4) is 22.4 Å². The van der Waals surface area contributed by atoms with Gasteiger partial charge in [-0.05, 0) is 37.7 Å². The van der Waals surface area contributed by atoms with Gasteiger partial charge in [0.1, 0.15) is 5.69 Å². The number of carbonyl (C=O) groups is 1. The molecule has 0 radical (unpaired) electrons. The number of amides is 1. The Labute approximate surface area is 166 Å². The van der Waals surface area contributed by atoms with E-state index in [0.29, 0.717) is 6.04 Å². The molecule has 0 bridgehead atoms. The zero-order valence-electron chi connectivity index (χ0n) is 16.7. The lowest BCUT2D eigenvalue weighted by molar-refractivity contribution is 0.0737. The summed E-state index contributed by atoms with van der Waals surface area (Å²) in [4.78, 5) is 17.0. The van der Waals surface area contributed by atoms with Gasteiger partial charge in [0, 0.05) is 49.6 Å². The Morgan fingerprint density at radius 3 is 2.39 bits per heavy atom. The van der Waals surface area contributed by atoms with Gasteiger partial charge in [0.15, 0.2) is 0 Å². The fourth-order valence-corrected chi connectivity index (χ4v) is 3.90. The number of likely N-dealkylation sites (tertiary alicyclic amines) is 1. The summed E-state index contributed by atoms with van der Waals surface area (Å²) in [5.41, 5.74) is 4.90. The first-order valence-corrected chi connectivity index (χ1v) is 9.68. The van der Waals surface area contributed by atoms with Crippen LogP contribution in [-0.2, 0) is 7.05 Å². The Kier molecular flexibility index (Phi) is 5.01. The van der Waals surface area contributed by atoms with E-state index in [-0.39, 0.29) is 5.91 Å². The number of rotatable bonds is 4. The number of aromatic nitrogens is 2. The second-order valence-electron chi connectivity index (χ2n) is 7.63. The first-order valence-electron chi connectivity index (χ1n) is 9.68. The average Bonchev–Trinajstić information content (AvgIpc) is 3.33. The number of aryl methyl sites for hydroxylation is 1. The number of nitrogens with zero attached hydrogens (tertiary/aromatic N) is 4. The molecule has 2 aromatic carbocycles. The predicted octanol–water partition coefficient (Wildman–Crippen LogP) is 3.53. The molecular formula is C23H26N4O. The fraction of sp³-hybridized carbons (Fsp3) is 0.304. The van der Waals surface area contributed by atoms with Crippen LogP contribution >= 0.6 is 0 Å². The van der Waals surface area contributed by atoms with Crippen LogP contribution in [0.15, 0.2) is 60.8 Å². The standard InChI is InChI=1S/C23H26N4O/c1-25-14-13-20(15-25)27(3)23(28)19-11-9-17(10-12-19)21-16-26(2)24-22(21)18-7-5-4-6-8-18/h4-12,16,20H,13-15H2,1-3H3/t20-/m0/s1. The summed E-state index contributed by atoms with van der Waals surface area (Å²) < 4.78 is 1.83. The smallest absolute Gasteiger partial charge is 0.253 e. The van der Waals surface area contributed by atoms with Crippen molar-refractivity contribution in [2.24, 2.45) is 7.05 Å². The second-order valence-corrected chi connectivity index (χ2v) is 7.63. The van der Waals surface area contributed by atoms with Crippen molar-refractivity contribution in [2.75, 3.05) is 27.2 Å². The van der Waals surface area contributed by atoms with Crippen LogP contribution in [0.25, 0.3) is 22.4 Å². The molecule has 2 heterocycles. The molecule has 3 aromatic rings. The molecule has 28 heavy (non-hydrogen) atoms. The van der Waals surface area contributed by atoms with Gasteiger partial charge in [-0.25, -0.2) is 0 Å². The van der Waals surface area contributed by atoms with Crippen molar-refractivity contribution in [3.63, 3.8) is 0 Å². The molecule has 0 unspecified atom stereocenters. The summed E-state index contributed by atoms with van der Waals surface area (Å²) in [5, 5.41) is 4.64. The number of carbonyl (C=O) groups excluding carboxylic acids is 1. The normalized spacial score (nSPS) is 17.0. The summed E-state index contributed by atoms with van der Waals surface area (Å²) in [6.45, 7) is 1.99. The highest BCUT2D eigenvalue weighted by molar-refractivity contribution is 5.95. The Hall–Kier alpha value is -2.92. The monoisotopic (exact) mass is 374 g/mol. The van der Waals surface area contributed by atoms with Gasteiger partial charge in [-0.2, -0.15) is 5.10 Å². The Morgan fingerprint density at radius 2 is 1.75 bits per heavy atom. The fourth-order valence-electron chi connectivity index (χ4n) is 3.90. The summed E-state index contributed by atoms with van der Waals surface area (Å²) in [7, 11) is 5.95. The lowest BCUT2D eigenvalue weighted by Gasteiger charge is -2.24. The lowest BCUT2D eigenvalue weighted by atomic mass is 10.0. The molecule has 0 saturated carbocycles. The van der Waals surface area contributed by atoms with Gasteiger partial charge in [0.2, 0.25) is 0 Å². The molecule has 1 aromatic heterocycles. The molecule has 0 spiro atoms. The van der Waals surface area contributed by atoms with Crippen molar-refractivity contribution in [1.29, 1.82) is 0 Å². The van der Waals surface area contributed by atoms with Gasteiger partial charge in [0.05, 0.1) is 0 Å². The minimum Gasteiger partial charge on any atom is -0.337 e. The molecule has 5 nitrogen and oxygen atoms in total. The first kappa shape index (κ1) is 18.4. The molecule has 4 rings (SSSR count). The minimum absolute atomic E-state index is 0.0846. The van der Waals surface area contributed by atoms with Gasteiger partial charge >= 0.3 is 0 Å². The van der Waals surface area contributed by atoms with E-state index in [0.717, 1.165) is 47.5 Å². The number of likely N-dealkylation sites (N-methyl/N-ethyl adjacent to an activating group) is 2. The summed E-state index contributed by atoms with van der Waals surface area (Å²) in [6, 6.07) is 18.4. The molecule has 5 heteroatoms. The maximum Gasteiger partial charge on any atom is 0.253 e. The zero-order chi connectivity index (χ0) is 19.7. The van der Waals surface area contributed by atoms with E-state index >= 15 is 0 Å². The molecule has 144 valence electrons. The molecule has 1 aliphatic heterocycles. The molecule has 0 N–H and O–H groups in total. The van der Waals surface area contributed by atoms with E-state index in [1.54, 1.807) is 0 Å². The quantitative estimate of drug-likeness (QED) is 0.702. The third-order valence-electron chi connectivity index (χ3n) is 5.55. The van der Waals surface area contributed by atoms with E-state index in [2.05, 4.69) is 29.2 Å². The Morgan fingerprint density at radius 1 is 1.04 bits per heavy atom. The molecule has 1 saturated heterocycles. The molecule has 1 amide bonds. The average molecular weight is 374 g/mol. The van der Waals surface area contributed by atoms with Crippen molar-refractivity contribution >= 4 is 5.91 Å². The topological polar surface area (TPSA) is 41.4 Å². The number of benzene rings is 2. The Bertz CT molecular complexity index is 962. The van der Waals surface area contributed by atoms with Gasteiger partial charge in [-0.3, -0.25) is 9.48 Å². The third-order valence-corrected chi connectivity index (χ3v) is 5.55. The van der Waals surface area contributed by atoms with E-state index in [1.807, 2.05) is 72.3 Å². The maximum absolute atomic E-state index is 12.9. The summed E-state index contributed by atoms with van der Waals surface area (Å²) in [5.74, 6) is 0.0846. The minimum atomic E-state index is 0.0846. The SMILES string of the molecule is CN1CC[C@H](N(C)C(=O)c2ccc(-c3cn(C)nc3-c3ccccc3)cc2)C1. The number of hydrogen-bond acceptors (Lipinski definition) is 3. The molecule has 0 aliphatic carbocycles. The Balaban J connectivity index is 1.58. The van der Waals surface area contributed by atoms with E-state index in [1.165, 1.54) is 0 Å². The summed E-state index contributed by atoms with van der Waals surface area (Å²) >= 11 is 0. The van der Waals surface area contributed by atoms with Crippen LogP contribution in [0.5, 0.6) is 0 Å². The molecule has 1 fully saturated rings. The van der Waals surface area contributed by atoms with Crippen molar-refractivity contribution in [2.45, 2.75) is 12.5 Å². The predicted molar refractivity (Wildman–Crippen MR) is 112 cm³/mol. The highest BCUT2D eigenvalue weighted by atomic mass is 16.2. The van der Waals surface area contributed by atoms with E-state index in [4.69, 9.17) is 0 Å². The highest BCUT2D eigenvalue weighted by Gasteiger charge is 2.27. The molecular weight excluding hydrogens is 348 g/mol. The van der Waals surface area contributed by atoms with Crippen LogP contribution in [0.2, 0.25) is 0 Å². The maximum atomic E-state index is 12.9. The van der Waals surface area contributed by atoms with Crippen LogP contribution in [0.3, 0.4) is 0 Å². The van der Waals surface area contributed by atoms with Crippen LogP contribution in [0.1, 0.15) is 16.8 Å².